The highest BCUT2D eigenvalue weighted by Gasteiger charge is 2.43. The van der Waals surface area contributed by atoms with Crippen LogP contribution < -0.4 is 10.1 Å². The van der Waals surface area contributed by atoms with E-state index >= 15 is 0 Å². The summed E-state index contributed by atoms with van der Waals surface area (Å²) in [6.45, 7) is 2.97. The van der Waals surface area contributed by atoms with E-state index in [-0.39, 0.29) is 5.91 Å². The average Bonchev–Trinajstić information content (AvgIpc) is 3.41. The molecule has 34 heavy (non-hydrogen) atoms. The fourth-order valence-corrected chi connectivity index (χ4v) is 4.82. The number of aromatic carboxylic acids is 1. The maximum Gasteiger partial charge on any atom is 0.335 e. The summed E-state index contributed by atoms with van der Waals surface area (Å²) >= 11 is 0. The Balaban J connectivity index is 1.09. The van der Waals surface area contributed by atoms with Crippen LogP contribution in [0.3, 0.4) is 0 Å². The average molecular weight is 458 g/mol. The second-order valence-electron chi connectivity index (χ2n) is 8.89. The number of hydrogen-bond acceptors (Lipinski definition) is 5. The molecule has 0 radical (unpaired) electrons. The lowest BCUT2D eigenvalue weighted by Gasteiger charge is -2.33. The van der Waals surface area contributed by atoms with E-state index in [0.29, 0.717) is 24.2 Å². The van der Waals surface area contributed by atoms with E-state index in [9.17, 15) is 9.59 Å². The fraction of sp³-hybridized carbons (Fsp3) is 0.259. The summed E-state index contributed by atoms with van der Waals surface area (Å²) in [4.78, 5) is 28.4. The van der Waals surface area contributed by atoms with Crippen LogP contribution in [0.5, 0.6) is 11.5 Å². The Kier molecular flexibility index (Phi) is 6.29. The molecule has 0 aromatic heterocycles. The van der Waals surface area contributed by atoms with Gasteiger partial charge in [-0.2, -0.15) is 0 Å². The number of nitrogens with zero attached hydrogens (tertiary/aromatic N) is 2. The molecule has 2 heterocycles. The minimum absolute atomic E-state index is 0.0138. The van der Waals surface area contributed by atoms with Crippen molar-refractivity contribution in [2.24, 2.45) is 0 Å². The molecule has 2 bridgehead atoms. The van der Waals surface area contributed by atoms with Crippen LogP contribution >= 0.6 is 0 Å². The van der Waals surface area contributed by atoms with Gasteiger partial charge in [0.2, 0.25) is 5.91 Å². The maximum absolute atomic E-state index is 12.6. The van der Waals surface area contributed by atoms with Gasteiger partial charge in [-0.25, -0.2) is 4.79 Å². The molecule has 2 aliphatic rings. The zero-order chi connectivity index (χ0) is 23.5. The monoisotopic (exact) mass is 457 g/mol. The predicted molar refractivity (Wildman–Crippen MR) is 129 cm³/mol. The molecule has 7 nitrogen and oxygen atoms in total. The van der Waals surface area contributed by atoms with Gasteiger partial charge in [-0.15, -0.1) is 0 Å². The molecule has 174 valence electrons. The zero-order valence-electron chi connectivity index (χ0n) is 18.8. The van der Waals surface area contributed by atoms with Gasteiger partial charge in [0.1, 0.15) is 11.5 Å². The van der Waals surface area contributed by atoms with E-state index in [4.69, 9.17) is 9.84 Å². The quantitative estimate of drug-likeness (QED) is 0.531. The Morgan fingerprint density at radius 1 is 0.853 bits per heavy atom. The van der Waals surface area contributed by atoms with E-state index in [1.165, 1.54) is 0 Å². The summed E-state index contributed by atoms with van der Waals surface area (Å²) in [6.07, 6.45) is 1.06. The van der Waals surface area contributed by atoms with Crippen molar-refractivity contribution in [2.75, 3.05) is 25.0 Å². The highest BCUT2D eigenvalue weighted by molar-refractivity contribution is 5.92. The van der Waals surface area contributed by atoms with Crippen molar-refractivity contribution < 1.29 is 19.4 Å². The molecule has 2 aliphatic heterocycles. The normalized spacial score (nSPS) is 19.8. The Hall–Kier alpha value is -3.68. The number of nitrogens with one attached hydrogen (secondary N) is 1. The van der Waals surface area contributed by atoms with Crippen molar-refractivity contribution in [3.8, 4) is 11.5 Å². The SMILES string of the molecule is O=C(CN1C[C@@H]2C[C@H]1CN2Cc1ccc(C(=O)O)cc1)Nc1ccc(Oc2ccccc2)cc1. The van der Waals surface area contributed by atoms with Crippen LogP contribution in [0, 0.1) is 0 Å². The van der Waals surface area contributed by atoms with Crippen molar-refractivity contribution in [1.82, 2.24) is 9.80 Å². The summed E-state index contributed by atoms with van der Waals surface area (Å²) in [5.41, 5.74) is 2.17. The first-order valence-electron chi connectivity index (χ1n) is 11.5. The molecule has 7 heteroatoms. The number of fused-ring (bicyclic) bond motifs is 2. The minimum Gasteiger partial charge on any atom is -0.478 e. The third-order valence-electron chi connectivity index (χ3n) is 6.52. The number of likely N-dealkylation sites (tertiary alicyclic amines) is 2. The van der Waals surface area contributed by atoms with Crippen molar-refractivity contribution in [3.63, 3.8) is 0 Å². The van der Waals surface area contributed by atoms with Gasteiger partial charge in [0, 0.05) is 37.4 Å². The standard InChI is InChI=1S/C27H27N3O4/c31-26(28-21-10-12-25(13-11-21)34-24-4-2-1-3-5-24)18-30-17-22-14-23(30)16-29(22)15-19-6-8-20(9-7-19)27(32)33/h1-13,22-23H,14-18H2,(H,28,31)(H,32,33)/t22-,23-/m0/s1. The van der Waals surface area contributed by atoms with Gasteiger partial charge in [0.15, 0.2) is 0 Å². The van der Waals surface area contributed by atoms with Gasteiger partial charge in [0.05, 0.1) is 12.1 Å². The van der Waals surface area contributed by atoms with Crippen molar-refractivity contribution in [2.45, 2.75) is 25.0 Å². The molecule has 3 aromatic rings. The molecule has 1 amide bonds. The van der Waals surface area contributed by atoms with Crippen LogP contribution in [0.2, 0.25) is 0 Å². The Labute approximate surface area is 198 Å². The van der Waals surface area contributed by atoms with Crippen LogP contribution in [0.15, 0.2) is 78.9 Å². The van der Waals surface area contributed by atoms with Crippen molar-refractivity contribution in [1.29, 1.82) is 0 Å². The second kappa shape index (κ2) is 9.67. The number of piperazine rings is 1. The number of carboxylic acid groups (broad SMARTS) is 1. The Bertz CT molecular complexity index is 1150. The van der Waals surface area contributed by atoms with E-state index in [1.807, 2.05) is 66.7 Å². The minimum atomic E-state index is -0.905. The molecule has 0 saturated carbocycles. The van der Waals surface area contributed by atoms with Gasteiger partial charge >= 0.3 is 5.97 Å². The highest BCUT2D eigenvalue weighted by Crippen LogP contribution is 2.32. The molecule has 5 rings (SSSR count). The first-order valence-corrected chi connectivity index (χ1v) is 11.5. The van der Waals surface area contributed by atoms with E-state index in [1.54, 1.807) is 12.1 Å². The van der Waals surface area contributed by atoms with E-state index in [2.05, 4.69) is 15.1 Å². The lowest BCUT2D eigenvalue weighted by molar-refractivity contribution is -0.117. The topological polar surface area (TPSA) is 82.1 Å². The van der Waals surface area contributed by atoms with Crippen LogP contribution in [0.4, 0.5) is 5.69 Å². The van der Waals surface area contributed by atoms with Gasteiger partial charge in [-0.3, -0.25) is 14.6 Å². The second-order valence-corrected chi connectivity index (χ2v) is 8.89. The molecule has 0 spiro atoms. The van der Waals surface area contributed by atoms with E-state index in [0.717, 1.165) is 48.8 Å². The van der Waals surface area contributed by atoms with Gasteiger partial charge < -0.3 is 15.2 Å². The van der Waals surface area contributed by atoms with Crippen molar-refractivity contribution >= 4 is 17.6 Å². The molecule has 0 unspecified atom stereocenters. The molecular formula is C27H27N3O4. The van der Waals surface area contributed by atoms with Gasteiger partial charge in [0.25, 0.3) is 0 Å². The number of hydrogen-bond donors (Lipinski definition) is 2. The Morgan fingerprint density at radius 3 is 2.15 bits per heavy atom. The smallest absolute Gasteiger partial charge is 0.335 e. The first-order chi connectivity index (χ1) is 16.5. The van der Waals surface area contributed by atoms with Crippen molar-refractivity contribution in [3.05, 3.63) is 90.0 Å². The number of anilines is 1. The number of carbonyl (C=O) groups excluding carboxylic acids is 1. The third-order valence-corrected chi connectivity index (χ3v) is 6.52. The largest absolute Gasteiger partial charge is 0.478 e. The summed E-state index contributed by atoms with van der Waals surface area (Å²) in [5.74, 6) is 0.575. The van der Waals surface area contributed by atoms with E-state index < -0.39 is 5.97 Å². The maximum atomic E-state index is 12.6. The summed E-state index contributed by atoms with van der Waals surface area (Å²) in [6, 6.07) is 24.9. The number of amides is 1. The number of para-hydroxylation sites is 1. The summed E-state index contributed by atoms with van der Waals surface area (Å²) in [5, 5.41) is 12.0. The molecule has 2 fully saturated rings. The zero-order valence-corrected chi connectivity index (χ0v) is 18.8. The number of carboxylic acids is 1. The number of ether oxygens (including phenoxy) is 1. The summed E-state index contributed by atoms with van der Waals surface area (Å²) < 4.78 is 5.80. The summed E-state index contributed by atoms with van der Waals surface area (Å²) in [7, 11) is 0. The molecule has 0 aliphatic carbocycles. The molecule has 3 aromatic carbocycles. The van der Waals surface area contributed by atoms with Crippen LogP contribution in [0.25, 0.3) is 0 Å². The third kappa shape index (κ3) is 5.11. The lowest BCUT2D eigenvalue weighted by atomic mass is 10.1. The molecular weight excluding hydrogens is 430 g/mol. The van der Waals surface area contributed by atoms with Crippen LogP contribution in [-0.2, 0) is 11.3 Å². The first kappa shape index (κ1) is 22.1. The number of rotatable bonds is 8. The van der Waals surface area contributed by atoms with Crippen LogP contribution in [-0.4, -0.2) is 58.5 Å². The molecule has 2 saturated heterocycles. The fourth-order valence-electron chi connectivity index (χ4n) is 4.82. The molecule has 2 atom stereocenters. The highest BCUT2D eigenvalue weighted by atomic mass is 16.5. The lowest BCUT2D eigenvalue weighted by Crippen LogP contribution is -2.48. The van der Waals surface area contributed by atoms with Gasteiger partial charge in [-0.1, -0.05) is 30.3 Å². The van der Waals surface area contributed by atoms with Gasteiger partial charge in [-0.05, 0) is 60.5 Å². The number of benzene rings is 3. The Morgan fingerprint density at radius 2 is 1.50 bits per heavy atom. The van der Waals surface area contributed by atoms with Crippen LogP contribution in [0.1, 0.15) is 22.3 Å². The predicted octanol–water partition coefficient (Wildman–Crippen LogP) is 4.07. The molecule has 2 N–H and O–H groups in total. The number of carbonyl (C=O) groups is 2.